The molecule has 0 atom stereocenters. The third-order valence-electron chi connectivity index (χ3n) is 3.08. The van der Waals surface area contributed by atoms with Crippen molar-refractivity contribution in [3.8, 4) is 0 Å². The predicted octanol–water partition coefficient (Wildman–Crippen LogP) is 1.68. The summed E-state index contributed by atoms with van der Waals surface area (Å²) in [6, 6.07) is 2.78. The highest BCUT2D eigenvalue weighted by Crippen LogP contribution is 2.31. The molecule has 3 nitrogen and oxygen atoms in total. The Morgan fingerprint density at radius 1 is 1.27 bits per heavy atom. The molecule has 2 aliphatic rings. The molecule has 0 aromatic carbocycles. The van der Waals surface area contributed by atoms with Crippen LogP contribution in [0.3, 0.4) is 0 Å². The van der Waals surface area contributed by atoms with Crippen LogP contribution in [0.15, 0.2) is 12.3 Å². The van der Waals surface area contributed by atoms with Gasteiger partial charge in [-0.15, -0.1) is 0 Å². The van der Waals surface area contributed by atoms with Gasteiger partial charge in [0.25, 0.3) is 0 Å². The molecule has 2 saturated carbocycles. The summed E-state index contributed by atoms with van der Waals surface area (Å²) in [6.45, 7) is 0.908. The predicted molar refractivity (Wildman–Crippen MR) is 58.3 cm³/mol. The van der Waals surface area contributed by atoms with Gasteiger partial charge in [-0.3, -0.25) is 0 Å². The van der Waals surface area contributed by atoms with Crippen molar-refractivity contribution in [1.82, 2.24) is 15.3 Å². The second kappa shape index (κ2) is 3.89. The Balaban J connectivity index is 1.59. The fraction of sp³-hybridized carbons (Fsp3) is 0.667. The normalized spacial score (nSPS) is 20.5. The zero-order valence-corrected chi connectivity index (χ0v) is 8.95. The lowest BCUT2D eigenvalue weighted by atomic mass is 10.2. The molecule has 15 heavy (non-hydrogen) atoms. The van der Waals surface area contributed by atoms with Crippen molar-refractivity contribution in [3.05, 3.63) is 23.8 Å². The monoisotopic (exact) mass is 203 g/mol. The molecule has 2 aliphatic carbocycles. The topological polar surface area (TPSA) is 37.8 Å². The lowest BCUT2D eigenvalue weighted by molar-refractivity contribution is 0.662. The highest BCUT2D eigenvalue weighted by Gasteiger charge is 2.23. The summed E-state index contributed by atoms with van der Waals surface area (Å²) in [5.41, 5.74) is 1.15. The summed E-state index contributed by atoms with van der Waals surface area (Å²) < 4.78 is 0. The molecule has 0 spiro atoms. The van der Waals surface area contributed by atoms with Crippen LogP contribution in [0.4, 0.5) is 0 Å². The van der Waals surface area contributed by atoms with E-state index in [9.17, 15) is 0 Å². The molecule has 0 amide bonds. The van der Waals surface area contributed by atoms with Crippen molar-refractivity contribution in [2.75, 3.05) is 0 Å². The molecule has 1 N–H and O–H groups in total. The lowest BCUT2D eigenvalue weighted by Gasteiger charge is -2.04. The Bertz CT molecular complexity index is 342. The standard InChI is InChI=1S/C12H17N3/c1-2-9(1)7-12-13-6-5-11(15-12)8-14-10-3-4-10/h5-6,9-10,14H,1-4,7-8H2. The maximum absolute atomic E-state index is 4.58. The van der Waals surface area contributed by atoms with Crippen LogP contribution in [0.1, 0.15) is 37.2 Å². The Labute approximate surface area is 90.3 Å². The highest BCUT2D eigenvalue weighted by molar-refractivity contribution is 5.04. The summed E-state index contributed by atoms with van der Waals surface area (Å²) in [5, 5.41) is 3.48. The summed E-state index contributed by atoms with van der Waals surface area (Å²) >= 11 is 0. The number of hydrogen-bond donors (Lipinski definition) is 1. The molecule has 0 radical (unpaired) electrons. The van der Waals surface area contributed by atoms with E-state index >= 15 is 0 Å². The van der Waals surface area contributed by atoms with Crippen LogP contribution in [0.5, 0.6) is 0 Å². The van der Waals surface area contributed by atoms with Gasteiger partial charge in [-0.2, -0.15) is 0 Å². The zero-order valence-electron chi connectivity index (χ0n) is 8.95. The van der Waals surface area contributed by atoms with Gasteiger partial charge in [0.1, 0.15) is 5.82 Å². The Morgan fingerprint density at radius 3 is 2.87 bits per heavy atom. The number of rotatable bonds is 5. The second-order valence-electron chi connectivity index (χ2n) is 4.77. The minimum atomic E-state index is 0.756. The molecular weight excluding hydrogens is 186 g/mol. The molecule has 1 heterocycles. The fourth-order valence-electron chi connectivity index (χ4n) is 1.75. The molecule has 2 fully saturated rings. The molecule has 3 heteroatoms. The lowest BCUT2D eigenvalue weighted by Crippen LogP contribution is -2.16. The molecule has 3 rings (SSSR count). The van der Waals surface area contributed by atoms with Crippen molar-refractivity contribution in [3.63, 3.8) is 0 Å². The first-order valence-corrected chi connectivity index (χ1v) is 5.94. The van der Waals surface area contributed by atoms with Gasteiger partial charge in [-0.25, -0.2) is 9.97 Å². The van der Waals surface area contributed by atoms with E-state index in [0.717, 1.165) is 36.4 Å². The Morgan fingerprint density at radius 2 is 2.13 bits per heavy atom. The van der Waals surface area contributed by atoms with E-state index in [2.05, 4.69) is 15.3 Å². The minimum Gasteiger partial charge on any atom is -0.308 e. The van der Waals surface area contributed by atoms with Crippen molar-refractivity contribution in [2.24, 2.45) is 5.92 Å². The Hall–Kier alpha value is -0.960. The van der Waals surface area contributed by atoms with E-state index in [1.165, 1.54) is 25.7 Å². The molecule has 1 aromatic heterocycles. The van der Waals surface area contributed by atoms with Crippen LogP contribution < -0.4 is 5.32 Å². The van der Waals surface area contributed by atoms with E-state index < -0.39 is 0 Å². The zero-order chi connectivity index (χ0) is 10.1. The number of nitrogens with one attached hydrogen (secondary N) is 1. The molecular formula is C12H17N3. The van der Waals surface area contributed by atoms with Gasteiger partial charge in [0.05, 0.1) is 5.69 Å². The van der Waals surface area contributed by atoms with E-state index in [1.807, 2.05) is 12.3 Å². The van der Waals surface area contributed by atoms with E-state index in [0.29, 0.717) is 0 Å². The average molecular weight is 203 g/mol. The van der Waals surface area contributed by atoms with Crippen LogP contribution in [0.25, 0.3) is 0 Å². The SMILES string of the molecule is c1cc(CNC2CC2)nc(CC2CC2)n1. The van der Waals surface area contributed by atoms with Crippen LogP contribution in [-0.2, 0) is 13.0 Å². The van der Waals surface area contributed by atoms with Crippen molar-refractivity contribution >= 4 is 0 Å². The van der Waals surface area contributed by atoms with Crippen LogP contribution in [-0.4, -0.2) is 16.0 Å². The average Bonchev–Trinajstić information content (AvgIpc) is 3.10. The largest absolute Gasteiger partial charge is 0.308 e. The van der Waals surface area contributed by atoms with E-state index in [-0.39, 0.29) is 0 Å². The maximum atomic E-state index is 4.58. The van der Waals surface area contributed by atoms with E-state index in [4.69, 9.17) is 0 Å². The van der Waals surface area contributed by atoms with Crippen molar-refractivity contribution < 1.29 is 0 Å². The summed E-state index contributed by atoms with van der Waals surface area (Å²) in [7, 11) is 0. The summed E-state index contributed by atoms with van der Waals surface area (Å²) in [6.07, 6.45) is 8.38. The first-order chi connectivity index (χ1) is 7.40. The number of aromatic nitrogens is 2. The molecule has 0 aliphatic heterocycles. The van der Waals surface area contributed by atoms with Crippen LogP contribution in [0.2, 0.25) is 0 Å². The van der Waals surface area contributed by atoms with Crippen LogP contribution in [0, 0.1) is 5.92 Å². The summed E-state index contributed by atoms with van der Waals surface area (Å²) in [5.74, 6) is 1.91. The fourth-order valence-corrected chi connectivity index (χ4v) is 1.75. The molecule has 0 unspecified atom stereocenters. The van der Waals surface area contributed by atoms with E-state index in [1.54, 1.807) is 0 Å². The highest BCUT2D eigenvalue weighted by atomic mass is 15.0. The maximum Gasteiger partial charge on any atom is 0.128 e. The third kappa shape index (κ3) is 2.75. The molecule has 80 valence electrons. The van der Waals surface area contributed by atoms with Gasteiger partial charge < -0.3 is 5.32 Å². The third-order valence-corrected chi connectivity index (χ3v) is 3.08. The Kier molecular flexibility index (Phi) is 2.41. The number of nitrogens with zero attached hydrogens (tertiary/aromatic N) is 2. The molecule has 1 aromatic rings. The van der Waals surface area contributed by atoms with Crippen LogP contribution >= 0.6 is 0 Å². The van der Waals surface area contributed by atoms with Gasteiger partial charge >= 0.3 is 0 Å². The minimum absolute atomic E-state index is 0.756. The smallest absolute Gasteiger partial charge is 0.128 e. The van der Waals surface area contributed by atoms with Gasteiger partial charge in [-0.05, 0) is 37.7 Å². The van der Waals surface area contributed by atoms with Crippen molar-refractivity contribution in [1.29, 1.82) is 0 Å². The van der Waals surface area contributed by atoms with Gasteiger partial charge in [0, 0.05) is 25.2 Å². The van der Waals surface area contributed by atoms with Gasteiger partial charge in [-0.1, -0.05) is 0 Å². The quantitative estimate of drug-likeness (QED) is 0.791. The van der Waals surface area contributed by atoms with Crippen molar-refractivity contribution in [2.45, 2.75) is 44.7 Å². The molecule has 0 saturated heterocycles. The van der Waals surface area contributed by atoms with Gasteiger partial charge in [0.2, 0.25) is 0 Å². The first kappa shape index (κ1) is 9.28. The van der Waals surface area contributed by atoms with Gasteiger partial charge in [0.15, 0.2) is 0 Å². The molecule has 0 bridgehead atoms. The first-order valence-electron chi connectivity index (χ1n) is 5.94. The second-order valence-corrected chi connectivity index (χ2v) is 4.77. The number of hydrogen-bond acceptors (Lipinski definition) is 3. The summed E-state index contributed by atoms with van der Waals surface area (Å²) in [4.78, 5) is 8.90.